The summed E-state index contributed by atoms with van der Waals surface area (Å²) < 4.78 is 15.4. The second-order valence-electron chi connectivity index (χ2n) is 6.67. The van der Waals surface area contributed by atoms with Gasteiger partial charge in [-0.3, -0.25) is 4.79 Å². The minimum Gasteiger partial charge on any atom is -0.392 e. The number of hydrogen-bond acceptors (Lipinski definition) is 4. The second kappa shape index (κ2) is 6.88. The molecule has 4 aromatic rings. The Morgan fingerprint density at radius 2 is 2.07 bits per heavy atom. The number of fused-ring (bicyclic) bond motifs is 3. The molecule has 0 bridgehead atoms. The number of pyridine rings is 1. The van der Waals surface area contributed by atoms with E-state index < -0.39 is 0 Å². The van der Waals surface area contributed by atoms with Crippen LogP contribution in [0.4, 0.5) is 4.39 Å². The van der Waals surface area contributed by atoms with Crippen LogP contribution in [0.5, 0.6) is 0 Å². The fraction of sp³-hybridized carbons (Fsp3) is 0.190. The summed E-state index contributed by atoms with van der Waals surface area (Å²) in [5.41, 5.74) is 8.84. The zero-order valence-corrected chi connectivity index (χ0v) is 15.6. The highest BCUT2D eigenvalue weighted by molar-refractivity contribution is 7.17. The number of nitrogens with two attached hydrogens (primary N) is 1. The number of rotatable bonds is 4. The Morgan fingerprint density at radius 1 is 1.26 bits per heavy atom. The standard InChI is InChI=1S/C21H19FN2O2S/c1-11(9-23)14-4-2-12(8-16(14)22)18-13(10-25)3-5-17-19(18)15-6-7-27-20(15)21(26)24-17/h2-8,11,25H,9-10,23H2,1H3,(H,24,26). The van der Waals surface area contributed by atoms with E-state index in [1.165, 1.54) is 17.4 Å². The van der Waals surface area contributed by atoms with E-state index in [9.17, 15) is 14.3 Å². The molecule has 0 aliphatic heterocycles. The first-order valence-corrected chi connectivity index (χ1v) is 9.59. The summed E-state index contributed by atoms with van der Waals surface area (Å²) in [5, 5.41) is 13.4. The SMILES string of the molecule is CC(CN)c1ccc(-c2c(CO)ccc3[nH]c(=O)c4sccc4c23)cc1F. The number of hydrogen-bond donors (Lipinski definition) is 3. The average Bonchev–Trinajstić information content (AvgIpc) is 3.17. The van der Waals surface area contributed by atoms with E-state index >= 15 is 0 Å². The molecule has 1 atom stereocenters. The molecule has 0 spiro atoms. The predicted molar refractivity (Wildman–Crippen MR) is 109 cm³/mol. The third-order valence-electron chi connectivity index (χ3n) is 5.02. The molecule has 4 nitrogen and oxygen atoms in total. The molecule has 2 aromatic carbocycles. The zero-order chi connectivity index (χ0) is 19.1. The van der Waals surface area contributed by atoms with E-state index in [0.717, 1.165) is 16.3 Å². The molecule has 138 valence electrons. The van der Waals surface area contributed by atoms with Gasteiger partial charge in [0.1, 0.15) is 10.5 Å². The van der Waals surface area contributed by atoms with Gasteiger partial charge < -0.3 is 15.8 Å². The molecule has 0 amide bonds. The van der Waals surface area contributed by atoms with Crippen molar-refractivity contribution >= 4 is 32.3 Å². The third kappa shape index (κ3) is 2.86. The van der Waals surface area contributed by atoms with Gasteiger partial charge in [0, 0.05) is 16.3 Å². The molecular weight excluding hydrogens is 363 g/mol. The molecule has 4 rings (SSSR count). The summed E-state index contributed by atoms with van der Waals surface area (Å²) in [6, 6.07) is 10.5. The number of nitrogens with one attached hydrogen (secondary N) is 1. The fourth-order valence-corrected chi connectivity index (χ4v) is 4.36. The lowest BCUT2D eigenvalue weighted by Gasteiger charge is -2.15. The number of benzene rings is 2. The number of H-pyrrole nitrogens is 1. The van der Waals surface area contributed by atoms with Gasteiger partial charge in [0.15, 0.2) is 0 Å². The van der Waals surface area contributed by atoms with Crippen molar-refractivity contribution in [3.05, 3.63) is 69.1 Å². The summed E-state index contributed by atoms with van der Waals surface area (Å²) in [5.74, 6) is -0.402. The van der Waals surface area contributed by atoms with Crippen molar-refractivity contribution in [2.75, 3.05) is 6.54 Å². The average molecular weight is 382 g/mol. The molecule has 27 heavy (non-hydrogen) atoms. The number of aliphatic hydroxyl groups excluding tert-OH is 1. The van der Waals surface area contributed by atoms with Gasteiger partial charge in [-0.25, -0.2) is 4.39 Å². The summed E-state index contributed by atoms with van der Waals surface area (Å²) in [4.78, 5) is 15.2. The number of halogens is 1. The lowest BCUT2D eigenvalue weighted by atomic mass is 9.91. The van der Waals surface area contributed by atoms with E-state index in [-0.39, 0.29) is 23.9 Å². The quantitative estimate of drug-likeness (QED) is 0.497. The summed E-state index contributed by atoms with van der Waals surface area (Å²) >= 11 is 1.36. The monoisotopic (exact) mass is 382 g/mol. The number of aromatic amines is 1. The van der Waals surface area contributed by atoms with Crippen LogP contribution in [0.1, 0.15) is 24.0 Å². The summed E-state index contributed by atoms with van der Waals surface area (Å²) in [6.07, 6.45) is 0. The first-order valence-electron chi connectivity index (χ1n) is 8.71. The first-order chi connectivity index (χ1) is 13.0. The van der Waals surface area contributed by atoms with Crippen molar-refractivity contribution in [3.8, 4) is 11.1 Å². The van der Waals surface area contributed by atoms with Crippen LogP contribution in [-0.2, 0) is 6.61 Å². The van der Waals surface area contributed by atoms with Crippen molar-refractivity contribution < 1.29 is 9.50 Å². The molecule has 2 aromatic heterocycles. The Bertz CT molecular complexity index is 1210. The Balaban J connectivity index is 2.07. The van der Waals surface area contributed by atoms with Gasteiger partial charge in [0.05, 0.1) is 6.61 Å². The third-order valence-corrected chi connectivity index (χ3v) is 5.94. The molecule has 0 fully saturated rings. The molecule has 0 radical (unpaired) electrons. The van der Waals surface area contributed by atoms with Gasteiger partial charge in [-0.1, -0.05) is 25.1 Å². The number of thiophene rings is 1. The summed E-state index contributed by atoms with van der Waals surface area (Å²) in [6.45, 7) is 2.07. The molecule has 1 unspecified atom stereocenters. The predicted octanol–water partition coefficient (Wildman–Crippen LogP) is 4.10. The van der Waals surface area contributed by atoms with Crippen LogP contribution in [-0.4, -0.2) is 16.6 Å². The molecule has 2 heterocycles. The van der Waals surface area contributed by atoms with Crippen LogP contribution < -0.4 is 11.3 Å². The molecule has 0 aliphatic carbocycles. The van der Waals surface area contributed by atoms with Crippen LogP contribution in [0.2, 0.25) is 0 Å². The molecule has 0 saturated carbocycles. The van der Waals surface area contributed by atoms with E-state index in [1.54, 1.807) is 18.2 Å². The largest absolute Gasteiger partial charge is 0.392 e. The molecule has 6 heteroatoms. The Kier molecular flexibility index (Phi) is 4.55. The van der Waals surface area contributed by atoms with Gasteiger partial charge in [0.2, 0.25) is 0 Å². The van der Waals surface area contributed by atoms with Crippen LogP contribution in [0.15, 0.2) is 46.6 Å². The van der Waals surface area contributed by atoms with Crippen LogP contribution in [0.25, 0.3) is 32.1 Å². The van der Waals surface area contributed by atoms with Crippen LogP contribution in [0, 0.1) is 5.82 Å². The van der Waals surface area contributed by atoms with E-state index in [2.05, 4.69) is 4.98 Å². The lowest BCUT2D eigenvalue weighted by Crippen LogP contribution is -2.10. The van der Waals surface area contributed by atoms with Crippen LogP contribution in [0.3, 0.4) is 0 Å². The zero-order valence-electron chi connectivity index (χ0n) is 14.8. The van der Waals surface area contributed by atoms with Gasteiger partial charge in [-0.05, 0) is 58.3 Å². The first kappa shape index (κ1) is 17.9. The van der Waals surface area contributed by atoms with Gasteiger partial charge in [0.25, 0.3) is 5.56 Å². The maximum absolute atomic E-state index is 14.8. The van der Waals surface area contributed by atoms with E-state index in [0.29, 0.717) is 33.5 Å². The van der Waals surface area contributed by atoms with Crippen LogP contribution >= 0.6 is 11.3 Å². The van der Waals surface area contributed by atoms with Crippen molar-refractivity contribution in [1.82, 2.24) is 4.98 Å². The van der Waals surface area contributed by atoms with Gasteiger partial charge in [-0.15, -0.1) is 11.3 Å². The highest BCUT2D eigenvalue weighted by Crippen LogP contribution is 2.37. The minimum atomic E-state index is -0.322. The van der Waals surface area contributed by atoms with Crippen molar-refractivity contribution in [2.24, 2.45) is 5.73 Å². The van der Waals surface area contributed by atoms with Crippen molar-refractivity contribution in [1.29, 1.82) is 0 Å². The fourth-order valence-electron chi connectivity index (χ4n) is 3.56. The van der Waals surface area contributed by atoms with Gasteiger partial charge in [-0.2, -0.15) is 0 Å². The Labute approximate surface area is 159 Å². The highest BCUT2D eigenvalue weighted by Gasteiger charge is 2.17. The molecule has 0 saturated heterocycles. The van der Waals surface area contributed by atoms with Crippen molar-refractivity contribution in [3.63, 3.8) is 0 Å². The maximum Gasteiger partial charge on any atom is 0.266 e. The van der Waals surface area contributed by atoms with Crippen molar-refractivity contribution in [2.45, 2.75) is 19.4 Å². The normalized spacial score (nSPS) is 12.7. The Hall–Kier alpha value is -2.54. The highest BCUT2D eigenvalue weighted by atomic mass is 32.1. The van der Waals surface area contributed by atoms with E-state index in [1.807, 2.05) is 24.4 Å². The molecule has 0 aliphatic rings. The second-order valence-corrected chi connectivity index (χ2v) is 7.59. The molecular formula is C21H19FN2O2S. The van der Waals surface area contributed by atoms with E-state index in [4.69, 9.17) is 5.73 Å². The minimum absolute atomic E-state index is 0.0798. The topological polar surface area (TPSA) is 79.1 Å². The smallest absolute Gasteiger partial charge is 0.266 e. The van der Waals surface area contributed by atoms with Gasteiger partial charge >= 0.3 is 0 Å². The maximum atomic E-state index is 14.8. The number of aliphatic hydroxyl groups is 1. The lowest BCUT2D eigenvalue weighted by molar-refractivity contribution is 0.282. The summed E-state index contributed by atoms with van der Waals surface area (Å²) in [7, 11) is 0. The number of aromatic nitrogens is 1. The Morgan fingerprint density at radius 3 is 2.78 bits per heavy atom. The molecule has 4 N–H and O–H groups in total.